The summed E-state index contributed by atoms with van der Waals surface area (Å²) in [5.74, 6) is -0.685. The van der Waals surface area contributed by atoms with Gasteiger partial charge in [0.15, 0.2) is 6.39 Å². The van der Waals surface area contributed by atoms with E-state index in [1.165, 1.54) is 31.1 Å². The zero-order chi connectivity index (χ0) is 32.2. The number of thioether (sulfide) groups is 1. The Labute approximate surface area is 258 Å². The number of alkyl halides is 3. The highest BCUT2D eigenvalue weighted by molar-refractivity contribution is 8.01. The minimum atomic E-state index is -4.90. The van der Waals surface area contributed by atoms with Crippen molar-refractivity contribution in [2.24, 2.45) is 0 Å². The van der Waals surface area contributed by atoms with E-state index in [9.17, 15) is 22.8 Å². The average molecular weight is 642 g/mol. The number of amides is 1. The molecule has 0 saturated carbocycles. The summed E-state index contributed by atoms with van der Waals surface area (Å²) in [6.07, 6.45) is -3.57. The predicted octanol–water partition coefficient (Wildman–Crippen LogP) is 7.70. The van der Waals surface area contributed by atoms with Crippen LogP contribution in [0, 0.1) is 13.8 Å². The van der Waals surface area contributed by atoms with Crippen molar-refractivity contribution in [2.45, 2.75) is 83.2 Å². The van der Waals surface area contributed by atoms with E-state index in [2.05, 4.69) is 15.0 Å². The van der Waals surface area contributed by atoms with Crippen molar-refractivity contribution in [3.8, 4) is 5.75 Å². The lowest BCUT2D eigenvalue weighted by Crippen LogP contribution is -2.36. The number of carbonyl (C=O) groups excluding carboxylic acids is 2. The quantitative estimate of drug-likeness (QED) is 0.168. The van der Waals surface area contributed by atoms with Gasteiger partial charge in [0.05, 0.1) is 23.8 Å². The molecule has 0 aliphatic carbocycles. The van der Waals surface area contributed by atoms with Crippen LogP contribution in [0.2, 0.25) is 5.02 Å². The maximum Gasteiger partial charge on any atom is 0.573 e. The second-order valence-electron chi connectivity index (χ2n) is 11.5. The molecule has 0 unspecified atom stereocenters. The molecule has 0 atom stereocenters. The van der Waals surface area contributed by atoms with Crippen LogP contribution in [0.5, 0.6) is 5.75 Å². The number of rotatable bonds is 11. The summed E-state index contributed by atoms with van der Waals surface area (Å²) in [6, 6.07) is 9.96. The Kier molecular flexibility index (Phi) is 10.8. The number of benzene rings is 2. The van der Waals surface area contributed by atoms with Gasteiger partial charge in [0, 0.05) is 17.1 Å². The number of nitrogens with one attached hydrogen (secondary N) is 1. The molecule has 0 aliphatic rings. The zero-order valence-electron chi connectivity index (χ0n) is 25.0. The van der Waals surface area contributed by atoms with E-state index in [-0.39, 0.29) is 29.8 Å². The maximum atomic E-state index is 13.1. The van der Waals surface area contributed by atoms with Crippen LogP contribution in [0.15, 0.2) is 52.1 Å². The van der Waals surface area contributed by atoms with Gasteiger partial charge in [0.25, 0.3) is 0 Å². The van der Waals surface area contributed by atoms with Gasteiger partial charge in [-0.25, -0.2) is 4.98 Å². The van der Waals surface area contributed by atoms with Crippen LogP contribution >= 0.6 is 23.4 Å². The smallest absolute Gasteiger partial charge is 0.459 e. The zero-order valence-corrected chi connectivity index (χ0v) is 26.6. The summed E-state index contributed by atoms with van der Waals surface area (Å²) in [4.78, 5) is 32.6. The van der Waals surface area contributed by atoms with Gasteiger partial charge in [-0.15, -0.1) is 24.9 Å². The second kappa shape index (κ2) is 13.6. The van der Waals surface area contributed by atoms with Crippen molar-refractivity contribution in [2.75, 3.05) is 11.9 Å². The Morgan fingerprint density at radius 1 is 1.05 bits per heavy atom. The third-order valence-electron chi connectivity index (χ3n) is 5.95. The first-order valence-electron chi connectivity index (χ1n) is 13.3. The molecule has 0 radical (unpaired) electrons. The first kappa shape index (κ1) is 34.3. The van der Waals surface area contributed by atoms with E-state index in [1.807, 2.05) is 63.8 Å². The summed E-state index contributed by atoms with van der Waals surface area (Å²) in [5.41, 5.74) is 1.60. The molecule has 0 spiro atoms. The van der Waals surface area contributed by atoms with Crippen molar-refractivity contribution < 1.29 is 36.7 Å². The molecule has 234 valence electrons. The van der Waals surface area contributed by atoms with Gasteiger partial charge in [0.2, 0.25) is 5.91 Å². The van der Waals surface area contributed by atoms with E-state index in [0.29, 0.717) is 23.6 Å². The standard InChI is InChI=1S/C30H35ClF3N3O5S/c1-18-12-24(41-30(32,33)34)22(31)13-23(18)36-26(38)16-37(15-25-19(2)35-17-40-25)14-20-8-10-21(11-9-20)43-29(6,7)27(39)42-28(3,4)5/h8-13,17H,14-16H2,1-7H3,(H,36,38). The summed E-state index contributed by atoms with van der Waals surface area (Å²) in [6.45, 7) is 13.0. The van der Waals surface area contributed by atoms with Crippen LogP contribution in [0.1, 0.15) is 57.2 Å². The first-order valence-corrected chi connectivity index (χ1v) is 14.5. The number of carbonyl (C=O) groups is 2. The normalized spacial score (nSPS) is 12.4. The highest BCUT2D eigenvalue weighted by Gasteiger charge is 2.34. The molecule has 1 N–H and O–H groups in total. The van der Waals surface area contributed by atoms with Crippen molar-refractivity contribution >= 4 is 40.9 Å². The van der Waals surface area contributed by atoms with Gasteiger partial charge in [-0.1, -0.05) is 23.7 Å². The lowest BCUT2D eigenvalue weighted by Gasteiger charge is -2.28. The van der Waals surface area contributed by atoms with Gasteiger partial charge in [0.1, 0.15) is 21.9 Å². The number of nitrogens with zero attached hydrogens (tertiary/aromatic N) is 2. The molecule has 1 heterocycles. The first-order chi connectivity index (χ1) is 19.8. The summed E-state index contributed by atoms with van der Waals surface area (Å²) in [7, 11) is 0. The molecule has 0 aliphatic heterocycles. The lowest BCUT2D eigenvalue weighted by molar-refractivity contribution is -0.274. The number of hydrogen-bond acceptors (Lipinski definition) is 8. The second-order valence-corrected chi connectivity index (χ2v) is 13.6. The molecule has 3 aromatic rings. The predicted molar refractivity (Wildman–Crippen MR) is 159 cm³/mol. The minimum absolute atomic E-state index is 0.0693. The van der Waals surface area contributed by atoms with Crippen molar-refractivity contribution in [3.63, 3.8) is 0 Å². The van der Waals surface area contributed by atoms with Crippen molar-refractivity contribution in [1.29, 1.82) is 0 Å². The van der Waals surface area contributed by atoms with Gasteiger partial charge in [-0.05, 0) is 83.9 Å². The number of hydrogen-bond donors (Lipinski definition) is 1. The highest BCUT2D eigenvalue weighted by atomic mass is 35.5. The van der Waals surface area contributed by atoms with Crippen LogP contribution < -0.4 is 10.1 Å². The number of aryl methyl sites for hydroxylation is 2. The van der Waals surface area contributed by atoms with Crippen LogP contribution in [0.4, 0.5) is 18.9 Å². The number of anilines is 1. The van der Waals surface area contributed by atoms with E-state index in [4.69, 9.17) is 20.8 Å². The monoisotopic (exact) mass is 641 g/mol. The molecular weight excluding hydrogens is 607 g/mol. The molecule has 1 aromatic heterocycles. The fourth-order valence-corrected chi connectivity index (χ4v) is 5.08. The van der Waals surface area contributed by atoms with Crippen LogP contribution in [-0.2, 0) is 27.4 Å². The SMILES string of the molecule is Cc1cc(OC(F)(F)F)c(Cl)cc1NC(=O)CN(Cc1ccc(SC(C)(C)C(=O)OC(C)(C)C)cc1)Cc1ocnc1C. The molecule has 0 saturated heterocycles. The van der Waals surface area contributed by atoms with E-state index < -0.39 is 28.4 Å². The fraction of sp³-hybridized carbons (Fsp3) is 0.433. The Hall–Kier alpha value is -3.22. The van der Waals surface area contributed by atoms with Gasteiger partial charge in [-0.3, -0.25) is 14.5 Å². The van der Waals surface area contributed by atoms with Gasteiger partial charge in [-0.2, -0.15) is 0 Å². The third kappa shape index (κ3) is 10.8. The summed E-state index contributed by atoms with van der Waals surface area (Å²) in [5, 5.41) is 2.43. The average Bonchev–Trinajstić information content (AvgIpc) is 3.25. The number of aromatic nitrogens is 1. The number of oxazole rings is 1. The molecule has 43 heavy (non-hydrogen) atoms. The Balaban J connectivity index is 1.73. The van der Waals surface area contributed by atoms with E-state index in [1.54, 1.807) is 6.92 Å². The molecule has 3 rings (SSSR count). The highest BCUT2D eigenvalue weighted by Crippen LogP contribution is 2.36. The lowest BCUT2D eigenvalue weighted by atomic mass is 10.1. The van der Waals surface area contributed by atoms with Crippen LogP contribution in [0.25, 0.3) is 0 Å². The molecule has 8 nitrogen and oxygen atoms in total. The number of esters is 1. The fourth-order valence-electron chi connectivity index (χ4n) is 3.89. The minimum Gasteiger partial charge on any atom is -0.459 e. The largest absolute Gasteiger partial charge is 0.573 e. The topological polar surface area (TPSA) is 93.9 Å². The Bertz CT molecular complexity index is 1440. The summed E-state index contributed by atoms with van der Waals surface area (Å²) >= 11 is 7.37. The van der Waals surface area contributed by atoms with Gasteiger partial charge < -0.3 is 19.2 Å². The Morgan fingerprint density at radius 2 is 1.70 bits per heavy atom. The number of halogens is 4. The van der Waals surface area contributed by atoms with Crippen LogP contribution in [0.3, 0.4) is 0 Å². The van der Waals surface area contributed by atoms with Crippen molar-refractivity contribution in [3.05, 3.63) is 70.4 Å². The third-order valence-corrected chi connectivity index (χ3v) is 7.43. The van der Waals surface area contributed by atoms with Gasteiger partial charge >= 0.3 is 12.3 Å². The molecule has 0 bridgehead atoms. The van der Waals surface area contributed by atoms with E-state index in [0.717, 1.165) is 16.5 Å². The summed E-state index contributed by atoms with van der Waals surface area (Å²) < 4.78 is 52.2. The maximum absolute atomic E-state index is 13.1. The van der Waals surface area contributed by atoms with Crippen molar-refractivity contribution in [1.82, 2.24) is 9.88 Å². The van der Waals surface area contributed by atoms with Crippen LogP contribution in [-0.4, -0.2) is 45.0 Å². The molecule has 13 heteroatoms. The molecule has 2 aromatic carbocycles. The Morgan fingerprint density at radius 3 is 2.26 bits per heavy atom. The molecule has 1 amide bonds. The molecule has 0 fully saturated rings. The molecular formula is C30H35ClF3N3O5S. The number of ether oxygens (including phenoxy) is 2. The van der Waals surface area contributed by atoms with E-state index >= 15 is 0 Å².